The quantitative estimate of drug-likeness (QED) is 0.602. The Balaban J connectivity index is 3.45. The van der Waals surface area contributed by atoms with Crippen LogP contribution in [0.5, 0.6) is 11.8 Å². The van der Waals surface area contributed by atoms with Crippen molar-refractivity contribution in [3.63, 3.8) is 0 Å². The van der Waals surface area contributed by atoms with Gasteiger partial charge in [0.15, 0.2) is 0 Å². The van der Waals surface area contributed by atoms with Crippen LogP contribution in [-0.2, 0) is 9.47 Å². The Hall–Kier alpha value is -1.85. The fourth-order valence-corrected chi connectivity index (χ4v) is 2.30. The number of hydrogen-bond acceptors (Lipinski definition) is 8. The van der Waals surface area contributed by atoms with Gasteiger partial charge in [-0.15, -0.1) is 4.90 Å². The third-order valence-corrected chi connectivity index (χ3v) is 3.44. The Bertz CT molecular complexity index is 629. The fraction of sp³-hybridized carbons (Fsp3) is 0.625. The van der Waals surface area contributed by atoms with Crippen LogP contribution in [0.3, 0.4) is 0 Å². The van der Waals surface area contributed by atoms with Crippen molar-refractivity contribution in [3.05, 3.63) is 3.57 Å². The van der Waals surface area contributed by atoms with Gasteiger partial charge < -0.3 is 18.9 Å². The molecule has 0 aliphatic rings. The molecular formula is C16H24IN3O6. The summed E-state index contributed by atoms with van der Waals surface area (Å²) in [6, 6.07) is 0. The zero-order valence-electron chi connectivity index (χ0n) is 16.2. The van der Waals surface area contributed by atoms with Gasteiger partial charge in [0.2, 0.25) is 11.8 Å². The van der Waals surface area contributed by atoms with E-state index in [1.807, 2.05) is 22.6 Å². The van der Waals surface area contributed by atoms with Gasteiger partial charge in [-0.3, -0.25) is 0 Å². The summed E-state index contributed by atoms with van der Waals surface area (Å²) in [6.45, 7) is 10.0. The predicted molar refractivity (Wildman–Crippen MR) is 103 cm³/mol. The van der Waals surface area contributed by atoms with E-state index in [1.54, 1.807) is 41.5 Å². The smallest absolute Gasteiger partial charge is 0.427 e. The number of halogens is 1. The topological polar surface area (TPSA) is 100 Å². The monoisotopic (exact) mass is 481 g/mol. The standard InChI is InChI=1S/C16H24IN3O6/c1-15(2,3)25-13(21)20(14(22)26-16(4,5)6)12-18-10(23-7)9(17)11(19-12)24-8/h1-8H3. The average molecular weight is 481 g/mol. The first-order chi connectivity index (χ1) is 11.8. The van der Waals surface area contributed by atoms with Crippen molar-refractivity contribution in [2.75, 3.05) is 19.1 Å². The minimum absolute atomic E-state index is 0.143. The van der Waals surface area contributed by atoms with Gasteiger partial charge in [0.25, 0.3) is 5.95 Å². The summed E-state index contributed by atoms with van der Waals surface area (Å²) in [5.74, 6) is 0.0109. The van der Waals surface area contributed by atoms with Gasteiger partial charge in [0.1, 0.15) is 14.8 Å². The molecule has 0 unspecified atom stereocenters. The van der Waals surface area contributed by atoms with Crippen molar-refractivity contribution in [1.29, 1.82) is 0 Å². The molecule has 1 aromatic heterocycles. The van der Waals surface area contributed by atoms with E-state index >= 15 is 0 Å². The normalized spacial score (nSPS) is 11.6. The summed E-state index contributed by atoms with van der Waals surface area (Å²) in [5.41, 5.74) is -1.68. The number of carbonyl (C=O) groups is 2. The molecule has 0 radical (unpaired) electrons. The Morgan fingerprint density at radius 3 is 1.46 bits per heavy atom. The van der Waals surface area contributed by atoms with Crippen LogP contribution in [0.1, 0.15) is 41.5 Å². The summed E-state index contributed by atoms with van der Waals surface area (Å²) in [4.78, 5) is 34.0. The molecule has 0 atom stereocenters. The van der Waals surface area contributed by atoms with Gasteiger partial charge >= 0.3 is 12.2 Å². The van der Waals surface area contributed by atoms with Crippen LogP contribution in [0, 0.1) is 3.57 Å². The molecule has 0 spiro atoms. The molecule has 0 fully saturated rings. The van der Waals surface area contributed by atoms with Crippen LogP contribution in [0.15, 0.2) is 0 Å². The minimum atomic E-state index is -0.975. The largest absolute Gasteiger partial charge is 0.480 e. The fourth-order valence-electron chi connectivity index (χ4n) is 1.62. The van der Waals surface area contributed by atoms with Crippen LogP contribution in [0.4, 0.5) is 15.5 Å². The molecule has 0 aromatic carbocycles. The maximum Gasteiger partial charge on any atom is 0.427 e. The summed E-state index contributed by atoms with van der Waals surface area (Å²) in [6.07, 6.45) is -1.95. The van der Waals surface area contributed by atoms with Crippen LogP contribution in [-0.4, -0.2) is 47.6 Å². The molecule has 2 amide bonds. The summed E-state index contributed by atoms with van der Waals surface area (Å²) >= 11 is 1.93. The molecular weight excluding hydrogens is 457 g/mol. The Labute approximate surface area is 166 Å². The molecule has 1 rings (SSSR count). The van der Waals surface area contributed by atoms with Crippen LogP contribution in [0.25, 0.3) is 0 Å². The molecule has 0 N–H and O–H groups in total. The molecule has 0 saturated carbocycles. The highest BCUT2D eigenvalue weighted by atomic mass is 127. The van der Waals surface area contributed by atoms with Gasteiger partial charge in [-0.1, -0.05) is 0 Å². The molecule has 26 heavy (non-hydrogen) atoms. The third kappa shape index (κ3) is 6.15. The SMILES string of the molecule is COc1nc(N(C(=O)OC(C)(C)C)C(=O)OC(C)(C)C)nc(OC)c1I. The van der Waals surface area contributed by atoms with Crippen molar-refractivity contribution in [2.24, 2.45) is 0 Å². The van der Waals surface area contributed by atoms with Crippen molar-refractivity contribution in [2.45, 2.75) is 52.7 Å². The number of hydrogen-bond donors (Lipinski definition) is 0. The number of rotatable bonds is 3. The van der Waals surface area contributed by atoms with Gasteiger partial charge in [-0.05, 0) is 64.1 Å². The van der Waals surface area contributed by atoms with Crippen LogP contribution >= 0.6 is 22.6 Å². The number of imide groups is 1. The second-order valence-corrected chi connectivity index (χ2v) is 8.23. The number of methoxy groups -OCH3 is 2. The summed E-state index contributed by atoms with van der Waals surface area (Å²) in [7, 11) is 2.80. The Morgan fingerprint density at radius 2 is 1.19 bits per heavy atom. The first kappa shape index (κ1) is 22.2. The number of carbonyl (C=O) groups excluding carboxylic acids is 2. The van der Waals surface area contributed by atoms with E-state index in [0.29, 0.717) is 8.47 Å². The van der Waals surface area contributed by atoms with Crippen molar-refractivity contribution < 1.29 is 28.5 Å². The van der Waals surface area contributed by atoms with E-state index in [1.165, 1.54) is 14.2 Å². The highest BCUT2D eigenvalue weighted by molar-refractivity contribution is 14.1. The average Bonchev–Trinajstić information content (AvgIpc) is 2.44. The molecule has 0 saturated heterocycles. The van der Waals surface area contributed by atoms with E-state index < -0.39 is 23.4 Å². The van der Waals surface area contributed by atoms with E-state index in [4.69, 9.17) is 18.9 Å². The van der Waals surface area contributed by atoms with E-state index in [9.17, 15) is 9.59 Å². The van der Waals surface area contributed by atoms with Gasteiger partial charge in [0.05, 0.1) is 14.2 Å². The molecule has 146 valence electrons. The zero-order valence-corrected chi connectivity index (χ0v) is 18.3. The highest BCUT2D eigenvalue weighted by Gasteiger charge is 2.35. The van der Waals surface area contributed by atoms with Gasteiger partial charge in [-0.2, -0.15) is 9.97 Å². The number of nitrogens with zero attached hydrogens (tertiary/aromatic N) is 3. The molecule has 9 nitrogen and oxygen atoms in total. The van der Waals surface area contributed by atoms with Gasteiger partial charge in [0, 0.05) is 0 Å². The zero-order chi connectivity index (χ0) is 20.3. The minimum Gasteiger partial charge on any atom is -0.480 e. The Kier molecular flexibility index (Phi) is 7.02. The van der Waals surface area contributed by atoms with Crippen molar-refractivity contribution in [1.82, 2.24) is 9.97 Å². The van der Waals surface area contributed by atoms with E-state index in [0.717, 1.165) is 0 Å². The number of aromatic nitrogens is 2. The van der Waals surface area contributed by atoms with Crippen LogP contribution in [0.2, 0.25) is 0 Å². The summed E-state index contributed by atoms with van der Waals surface area (Å²) < 4.78 is 21.4. The van der Waals surface area contributed by atoms with Crippen LogP contribution < -0.4 is 14.4 Å². The number of ether oxygens (including phenoxy) is 4. The van der Waals surface area contributed by atoms with Crippen molar-refractivity contribution in [3.8, 4) is 11.8 Å². The maximum absolute atomic E-state index is 12.6. The Morgan fingerprint density at radius 1 is 0.846 bits per heavy atom. The lowest BCUT2D eigenvalue weighted by Crippen LogP contribution is -2.44. The van der Waals surface area contributed by atoms with Crippen molar-refractivity contribution >= 4 is 40.7 Å². The molecule has 10 heteroatoms. The molecule has 1 aromatic rings. The van der Waals surface area contributed by atoms with Gasteiger partial charge in [-0.25, -0.2) is 9.59 Å². The number of amides is 2. The van der Waals surface area contributed by atoms with E-state index in [-0.39, 0.29) is 17.7 Å². The highest BCUT2D eigenvalue weighted by Crippen LogP contribution is 2.30. The maximum atomic E-state index is 12.6. The molecule has 0 bridgehead atoms. The molecule has 1 heterocycles. The second kappa shape index (κ2) is 8.23. The third-order valence-electron chi connectivity index (χ3n) is 2.52. The first-order valence-electron chi connectivity index (χ1n) is 7.70. The lowest BCUT2D eigenvalue weighted by atomic mass is 10.2. The molecule has 0 aliphatic carbocycles. The molecule has 0 aliphatic heterocycles. The lowest BCUT2D eigenvalue weighted by molar-refractivity contribution is 0.0427. The second-order valence-electron chi connectivity index (χ2n) is 7.15. The lowest BCUT2D eigenvalue weighted by Gasteiger charge is -2.27. The number of anilines is 1. The van der Waals surface area contributed by atoms with E-state index in [2.05, 4.69) is 9.97 Å². The predicted octanol–water partition coefficient (Wildman–Crippen LogP) is 3.78. The summed E-state index contributed by atoms with van der Waals surface area (Å²) in [5, 5.41) is 0. The first-order valence-corrected chi connectivity index (χ1v) is 8.78.